The highest BCUT2D eigenvalue weighted by Gasteiger charge is 2.38. The van der Waals surface area contributed by atoms with Crippen molar-refractivity contribution in [1.82, 2.24) is 10.2 Å². The van der Waals surface area contributed by atoms with E-state index in [1.54, 1.807) is 6.07 Å². The number of aliphatic hydroxyl groups is 1. The van der Waals surface area contributed by atoms with E-state index in [2.05, 4.69) is 10.1 Å². The second kappa shape index (κ2) is 9.10. The lowest BCUT2D eigenvalue weighted by Gasteiger charge is -2.23. The first-order valence-corrected chi connectivity index (χ1v) is 8.15. The van der Waals surface area contributed by atoms with Crippen LogP contribution in [0.15, 0.2) is 36.4 Å². The van der Waals surface area contributed by atoms with Crippen molar-refractivity contribution in [3.05, 3.63) is 47.8 Å². The summed E-state index contributed by atoms with van der Waals surface area (Å²) in [4.78, 5) is 37.0. The lowest BCUT2D eigenvalue weighted by Crippen LogP contribution is -2.46. The third-order valence-corrected chi connectivity index (χ3v) is 4.05. The van der Waals surface area contributed by atoms with E-state index in [0.717, 1.165) is 0 Å². The lowest BCUT2D eigenvalue weighted by molar-refractivity contribution is -0.138. The molecule has 26 heavy (non-hydrogen) atoms. The number of aliphatic hydroxyl groups excluding tert-OH is 1. The molecule has 1 aromatic carbocycles. The Morgan fingerprint density at radius 1 is 1.38 bits per heavy atom. The maximum Gasteiger partial charge on any atom is 0.330 e. The Morgan fingerprint density at radius 2 is 2.12 bits per heavy atom. The van der Waals surface area contributed by atoms with Crippen LogP contribution in [0.3, 0.4) is 0 Å². The fourth-order valence-electron chi connectivity index (χ4n) is 2.74. The molecule has 0 bridgehead atoms. The van der Waals surface area contributed by atoms with E-state index in [4.69, 9.17) is 0 Å². The molecule has 2 amide bonds. The molecule has 0 aromatic heterocycles. The van der Waals surface area contributed by atoms with Crippen molar-refractivity contribution in [2.75, 3.05) is 20.2 Å². The summed E-state index contributed by atoms with van der Waals surface area (Å²) in [7, 11) is 1.24. The molecule has 0 radical (unpaired) electrons. The molecule has 0 spiro atoms. The molecule has 140 valence electrons. The number of carbonyl (C=O) groups excluding carboxylic acids is 3. The Balaban J connectivity index is 1.97. The van der Waals surface area contributed by atoms with Crippen LogP contribution < -0.4 is 5.32 Å². The molecule has 2 unspecified atom stereocenters. The summed E-state index contributed by atoms with van der Waals surface area (Å²) in [6.07, 6.45) is 1.69. The van der Waals surface area contributed by atoms with Gasteiger partial charge in [0, 0.05) is 25.6 Å². The van der Waals surface area contributed by atoms with E-state index in [1.165, 1.54) is 42.4 Å². The SMILES string of the molecule is COC(=O)/C=C/CNC(=O)C1CC(O)CN1C(=O)Cc1ccccc1F. The number of hydrogen-bond donors (Lipinski definition) is 2. The fraction of sp³-hybridized carbons (Fsp3) is 0.389. The highest BCUT2D eigenvalue weighted by atomic mass is 19.1. The summed E-state index contributed by atoms with van der Waals surface area (Å²) in [5.41, 5.74) is 0.235. The second-order valence-corrected chi connectivity index (χ2v) is 5.89. The number of nitrogens with zero attached hydrogens (tertiary/aromatic N) is 1. The highest BCUT2D eigenvalue weighted by Crippen LogP contribution is 2.20. The van der Waals surface area contributed by atoms with Gasteiger partial charge in [-0.2, -0.15) is 0 Å². The maximum atomic E-state index is 13.7. The van der Waals surface area contributed by atoms with Gasteiger partial charge in [0.05, 0.1) is 19.6 Å². The minimum Gasteiger partial charge on any atom is -0.466 e. The molecule has 1 fully saturated rings. The van der Waals surface area contributed by atoms with E-state index in [9.17, 15) is 23.9 Å². The monoisotopic (exact) mass is 364 g/mol. The van der Waals surface area contributed by atoms with Gasteiger partial charge in [0.25, 0.3) is 0 Å². The molecule has 0 aliphatic carbocycles. The number of carbonyl (C=O) groups is 3. The molecular weight excluding hydrogens is 343 g/mol. The van der Waals surface area contributed by atoms with Crippen LogP contribution in [0.25, 0.3) is 0 Å². The van der Waals surface area contributed by atoms with Gasteiger partial charge in [-0.1, -0.05) is 24.3 Å². The molecule has 7 nitrogen and oxygen atoms in total. The van der Waals surface area contributed by atoms with Crippen molar-refractivity contribution in [1.29, 1.82) is 0 Å². The topological polar surface area (TPSA) is 95.9 Å². The first-order valence-electron chi connectivity index (χ1n) is 8.15. The molecular formula is C18H21FN2O5. The average molecular weight is 364 g/mol. The third kappa shape index (κ3) is 5.13. The Hall–Kier alpha value is -2.74. The summed E-state index contributed by atoms with van der Waals surface area (Å²) in [6.45, 7) is 0.0965. The summed E-state index contributed by atoms with van der Waals surface area (Å²) in [5.74, 6) is -1.92. The van der Waals surface area contributed by atoms with E-state index in [1.807, 2.05) is 0 Å². The zero-order valence-corrected chi connectivity index (χ0v) is 14.4. The molecule has 1 aliphatic heterocycles. The van der Waals surface area contributed by atoms with E-state index in [-0.39, 0.29) is 31.5 Å². The van der Waals surface area contributed by atoms with Crippen molar-refractivity contribution >= 4 is 17.8 Å². The predicted octanol–water partition coefficient (Wildman–Crippen LogP) is 0.175. The largest absolute Gasteiger partial charge is 0.466 e. The number of ether oxygens (including phenoxy) is 1. The molecule has 2 atom stereocenters. The molecule has 1 heterocycles. The van der Waals surface area contributed by atoms with Crippen LogP contribution in [0, 0.1) is 5.82 Å². The standard InChI is InChI=1S/C18H21FN2O5/c1-26-17(24)7-4-8-20-18(25)15-10-13(22)11-21(15)16(23)9-12-5-2-3-6-14(12)19/h2-7,13,15,22H,8-11H2,1H3,(H,20,25)/b7-4+. The number of likely N-dealkylation sites (tertiary alicyclic amines) is 1. The van der Waals surface area contributed by atoms with Gasteiger partial charge in [-0.15, -0.1) is 0 Å². The van der Waals surface area contributed by atoms with Crippen LogP contribution in [0.4, 0.5) is 4.39 Å². The van der Waals surface area contributed by atoms with Gasteiger partial charge >= 0.3 is 5.97 Å². The maximum absolute atomic E-state index is 13.7. The van der Waals surface area contributed by atoms with Gasteiger partial charge in [-0.3, -0.25) is 9.59 Å². The fourth-order valence-corrected chi connectivity index (χ4v) is 2.74. The number of nitrogens with one attached hydrogen (secondary N) is 1. The Morgan fingerprint density at radius 3 is 2.81 bits per heavy atom. The van der Waals surface area contributed by atoms with E-state index >= 15 is 0 Å². The van der Waals surface area contributed by atoms with Crippen LogP contribution in [-0.2, 0) is 25.5 Å². The molecule has 0 saturated carbocycles. The summed E-state index contributed by atoms with van der Waals surface area (Å²) >= 11 is 0. The Labute approximate surface area is 150 Å². The first kappa shape index (κ1) is 19.6. The zero-order chi connectivity index (χ0) is 19.1. The molecule has 2 rings (SSSR count). The predicted molar refractivity (Wildman–Crippen MR) is 90.4 cm³/mol. The van der Waals surface area contributed by atoms with E-state index in [0.29, 0.717) is 0 Å². The van der Waals surface area contributed by atoms with Crippen LogP contribution in [0.1, 0.15) is 12.0 Å². The molecule has 8 heteroatoms. The third-order valence-electron chi connectivity index (χ3n) is 4.05. The van der Waals surface area contributed by atoms with Crippen LogP contribution in [0.5, 0.6) is 0 Å². The first-order chi connectivity index (χ1) is 12.4. The number of amides is 2. The van der Waals surface area contributed by atoms with Crippen molar-refractivity contribution in [3.8, 4) is 0 Å². The van der Waals surface area contributed by atoms with Gasteiger partial charge in [0.15, 0.2) is 0 Å². The van der Waals surface area contributed by atoms with Gasteiger partial charge in [0.2, 0.25) is 11.8 Å². The zero-order valence-electron chi connectivity index (χ0n) is 14.4. The number of methoxy groups -OCH3 is 1. The number of halogens is 1. The van der Waals surface area contributed by atoms with E-state index < -0.39 is 35.7 Å². The number of esters is 1. The minimum atomic E-state index is -0.837. The lowest BCUT2D eigenvalue weighted by atomic mass is 10.1. The van der Waals surface area contributed by atoms with Crippen LogP contribution in [-0.4, -0.2) is 60.1 Å². The van der Waals surface area contributed by atoms with Crippen molar-refractivity contribution in [2.24, 2.45) is 0 Å². The minimum absolute atomic E-state index is 0.0172. The average Bonchev–Trinajstić information content (AvgIpc) is 3.02. The second-order valence-electron chi connectivity index (χ2n) is 5.89. The molecule has 1 saturated heterocycles. The summed E-state index contributed by atoms with van der Waals surface area (Å²) in [5, 5.41) is 12.4. The number of β-amino-alcohol motifs (C(OH)–C–C–N with tert-alkyl or cyclic N) is 1. The Bertz CT molecular complexity index is 707. The smallest absolute Gasteiger partial charge is 0.330 e. The quantitative estimate of drug-likeness (QED) is 0.554. The number of rotatable bonds is 6. The van der Waals surface area contributed by atoms with Crippen molar-refractivity contribution in [2.45, 2.75) is 25.0 Å². The van der Waals surface area contributed by atoms with Gasteiger partial charge in [-0.05, 0) is 11.6 Å². The van der Waals surface area contributed by atoms with Gasteiger partial charge in [-0.25, -0.2) is 9.18 Å². The molecule has 1 aromatic rings. The van der Waals surface area contributed by atoms with Gasteiger partial charge < -0.3 is 20.1 Å². The van der Waals surface area contributed by atoms with Crippen LogP contribution in [0.2, 0.25) is 0 Å². The Kier molecular flexibility index (Phi) is 6.85. The number of hydrogen-bond acceptors (Lipinski definition) is 5. The van der Waals surface area contributed by atoms with Crippen molar-refractivity contribution in [3.63, 3.8) is 0 Å². The van der Waals surface area contributed by atoms with Crippen LogP contribution >= 0.6 is 0 Å². The normalized spacial score (nSPS) is 19.6. The molecule has 1 aliphatic rings. The number of benzene rings is 1. The summed E-state index contributed by atoms with van der Waals surface area (Å²) in [6, 6.07) is 5.09. The highest BCUT2D eigenvalue weighted by molar-refractivity contribution is 5.89. The van der Waals surface area contributed by atoms with Crippen molar-refractivity contribution < 1.29 is 28.6 Å². The van der Waals surface area contributed by atoms with Gasteiger partial charge in [0.1, 0.15) is 11.9 Å². The summed E-state index contributed by atoms with van der Waals surface area (Å²) < 4.78 is 18.2. The molecule has 2 N–H and O–H groups in total.